The number of benzene rings is 1. The van der Waals surface area contributed by atoms with Crippen molar-refractivity contribution >= 4 is 10.8 Å². The first-order valence-electron chi connectivity index (χ1n) is 4.47. The van der Waals surface area contributed by atoms with Crippen molar-refractivity contribution < 1.29 is 4.74 Å². The number of aromatic nitrogens is 1. The van der Waals surface area contributed by atoms with Gasteiger partial charge in [0.15, 0.2) is 0 Å². The zero-order valence-corrected chi connectivity index (χ0v) is 8.03. The number of methoxy groups -OCH3 is 1. The predicted octanol–water partition coefficient (Wildman–Crippen LogP) is 1.70. The second-order valence-corrected chi connectivity index (χ2v) is 3.02. The Bertz CT molecular complexity index is 411. The summed E-state index contributed by atoms with van der Waals surface area (Å²) in [5, 5.41) is 2.12. The molecule has 2 rings (SSSR count). The summed E-state index contributed by atoms with van der Waals surface area (Å²) in [7, 11) is 1.66. The highest BCUT2D eigenvalue weighted by atomic mass is 16.5. The van der Waals surface area contributed by atoms with E-state index < -0.39 is 0 Å². The SMILES string of the molecule is COc1cccc2c(CN)nccc12. The molecule has 0 bridgehead atoms. The molecular weight excluding hydrogens is 176 g/mol. The Hall–Kier alpha value is -1.61. The van der Waals surface area contributed by atoms with Gasteiger partial charge < -0.3 is 10.5 Å². The largest absolute Gasteiger partial charge is 0.496 e. The molecule has 2 aromatic rings. The number of nitrogens with two attached hydrogens (primary N) is 1. The van der Waals surface area contributed by atoms with E-state index in [4.69, 9.17) is 10.5 Å². The van der Waals surface area contributed by atoms with Crippen molar-refractivity contribution in [2.75, 3.05) is 7.11 Å². The molecule has 0 spiro atoms. The molecule has 3 nitrogen and oxygen atoms in total. The third-order valence-corrected chi connectivity index (χ3v) is 2.26. The predicted molar refractivity (Wildman–Crippen MR) is 56.2 cm³/mol. The molecule has 2 N–H and O–H groups in total. The van der Waals surface area contributed by atoms with E-state index in [1.165, 1.54) is 0 Å². The van der Waals surface area contributed by atoms with Crippen LogP contribution in [0.3, 0.4) is 0 Å². The molecule has 0 amide bonds. The van der Waals surface area contributed by atoms with Crippen LogP contribution < -0.4 is 10.5 Å². The van der Waals surface area contributed by atoms with E-state index in [-0.39, 0.29) is 0 Å². The second-order valence-electron chi connectivity index (χ2n) is 3.02. The molecule has 14 heavy (non-hydrogen) atoms. The minimum atomic E-state index is 0.449. The van der Waals surface area contributed by atoms with E-state index in [0.29, 0.717) is 6.54 Å². The van der Waals surface area contributed by atoms with Crippen molar-refractivity contribution in [2.24, 2.45) is 5.73 Å². The smallest absolute Gasteiger partial charge is 0.126 e. The van der Waals surface area contributed by atoms with Crippen molar-refractivity contribution in [2.45, 2.75) is 6.54 Å². The van der Waals surface area contributed by atoms with Crippen LogP contribution in [-0.2, 0) is 6.54 Å². The molecule has 0 saturated carbocycles. The molecule has 1 aromatic heterocycles. The lowest BCUT2D eigenvalue weighted by atomic mass is 10.1. The van der Waals surface area contributed by atoms with E-state index >= 15 is 0 Å². The number of hydrogen-bond acceptors (Lipinski definition) is 3. The molecule has 72 valence electrons. The number of hydrogen-bond donors (Lipinski definition) is 1. The van der Waals surface area contributed by atoms with Crippen LogP contribution in [-0.4, -0.2) is 12.1 Å². The average Bonchev–Trinajstić information content (AvgIpc) is 2.27. The van der Waals surface area contributed by atoms with Gasteiger partial charge in [-0.15, -0.1) is 0 Å². The fourth-order valence-corrected chi connectivity index (χ4v) is 1.58. The van der Waals surface area contributed by atoms with Gasteiger partial charge in [0.2, 0.25) is 0 Å². The van der Waals surface area contributed by atoms with Gasteiger partial charge in [-0.05, 0) is 12.1 Å². The minimum Gasteiger partial charge on any atom is -0.496 e. The quantitative estimate of drug-likeness (QED) is 0.780. The Morgan fingerprint density at radius 3 is 2.86 bits per heavy atom. The summed E-state index contributed by atoms with van der Waals surface area (Å²) in [6.45, 7) is 0.449. The van der Waals surface area contributed by atoms with Crippen LogP contribution in [0.15, 0.2) is 30.5 Å². The van der Waals surface area contributed by atoms with Crippen molar-refractivity contribution in [1.82, 2.24) is 4.98 Å². The van der Waals surface area contributed by atoms with Crippen LogP contribution in [0.2, 0.25) is 0 Å². The molecule has 1 heterocycles. The molecule has 0 atom stereocenters. The topological polar surface area (TPSA) is 48.1 Å². The van der Waals surface area contributed by atoms with Gasteiger partial charge in [0, 0.05) is 23.5 Å². The van der Waals surface area contributed by atoms with Gasteiger partial charge in [0.1, 0.15) is 5.75 Å². The molecule has 0 aliphatic carbocycles. The first-order chi connectivity index (χ1) is 6.86. The normalized spacial score (nSPS) is 10.4. The van der Waals surface area contributed by atoms with Gasteiger partial charge >= 0.3 is 0 Å². The van der Waals surface area contributed by atoms with Gasteiger partial charge in [-0.3, -0.25) is 4.98 Å². The van der Waals surface area contributed by atoms with E-state index in [2.05, 4.69) is 4.98 Å². The summed E-state index contributed by atoms with van der Waals surface area (Å²) in [4.78, 5) is 4.22. The lowest BCUT2D eigenvalue weighted by molar-refractivity contribution is 0.420. The summed E-state index contributed by atoms with van der Waals surface area (Å²) < 4.78 is 5.26. The fourth-order valence-electron chi connectivity index (χ4n) is 1.58. The zero-order chi connectivity index (χ0) is 9.97. The van der Waals surface area contributed by atoms with E-state index in [9.17, 15) is 0 Å². The first-order valence-corrected chi connectivity index (χ1v) is 4.47. The van der Waals surface area contributed by atoms with Gasteiger partial charge in [-0.2, -0.15) is 0 Å². The van der Waals surface area contributed by atoms with Crippen molar-refractivity contribution in [3.05, 3.63) is 36.2 Å². The Kier molecular flexibility index (Phi) is 2.33. The Morgan fingerprint density at radius 2 is 2.14 bits per heavy atom. The van der Waals surface area contributed by atoms with Gasteiger partial charge in [-0.1, -0.05) is 12.1 Å². The maximum atomic E-state index is 5.60. The van der Waals surface area contributed by atoms with Crippen molar-refractivity contribution in [1.29, 1.82) is 0 Å². The van der Waals surface area contributed by atoms with Crippen LogP contribution in [0.25, 0.3) is 10.8 Å². The zero-order valence-electron chi connectivity index (χ0n) is 8.03. The Balaban J connectivity index is 2.77. The van der Waals surface area contributed by atoms with Crippen molar-refractivity contribution in [3.8, 4) is 5.75 Å². The summed E-state index contributed by atoms with van der Waals surface area (Å²) in [6.07, 6.45) is 1.76. The monoisotopic (exact) mass is 188 g/mol. The van der Waals surface area contributed by atoms with Crippen LogP contribution in [0.5, 0.6) is 5.75 Å². The standard InChI is InChI=1S/C11H12N2O/c1-14-11-4-2-3-8-9(11)5-6-13-10(8)7-12/h2-6H,7,12H2,1H3. The molecule has 0 aliphatic rings. The number of nitrogens with zero attached hydrogens (tertiary/aromatic N) is 1. The lowest BCUT2D eigenvalue weighted by Crippen LogP contribution is -2.00. The number of rotatable bonds is 2. The molecule has 3 heteroatoms. The van der Waals surface area contributed by atoms with E-state index in [1.54, 1.807) is 13.3 Å². The van der Waals surface area contributed by atoms with Crippen LogP contribution in [0.4, 0.5) is 0 Å². The Morgan fingerprint density at radius 1 is 1.29 bits per heavy atom. The molecule has 1 aromatic carbocycles. The molecule has 0 radical (unpaired) electrons. The minimum absolute atomic E-state index is 0.449. The van der Waals surface area contributed by atoms with Crippen LogP contribution in [0.1, 0.15) is 5.69 Å². The fraction of sp³-hybridized carbons (Fsp3) is 0.182. The highest BCUT2D eigenvalue weighted by molar-refractivity contribution is 5.89. The van der Waals surface area contributed by atoms with Gasteiger partial charge in [0.25, 0.3) is 0 Å². The third kappa shape index (κ3) is 1.32. The molecule has 0 unspecified atom stereocenters. The highest BCUT2D eigenvalue weighted by Gasteiger charge is 2.04. The second kappa shape index (κ2) is 3.64. The molecule has 0 fully saturated rings. The maximum absolute atomic E-state index is 5.60. The average molecular weight is 188 g/mol. The Labute approximate surface area is 82.5 Å². The van der Waals surface area contributed by atoms with Crippen LogP contribution >= 0.6 is 0 Å². The summed E-state index contributed by atoms with van der Waals surface area (Å²) in [5.74, 6) is 0.861. The van der Waals surface area contributed by atoms with E-state index in [1.807, 2.05) is 24.3 Å². The maximum Gasteiger partial charge on any atom is 0.126 e. The first kappa shape index (κ1) is 8.97. The van der Waals surface area contributed by atoms with Crippen LogP contribution in [0, 0.1) is 0 Å². The number of pyridine rings is 1. The van der Waals surface area contributed by atoms with E-state index in [0.717, 1.165) is 22.2 Å². The lowest BCUT2D eigenvalue weighted by Gasteiger charge is -2.07. The van der Waals surface area contributed by atoms with Gasteiger partial charge in [0.05, 0.1) is 12.8 Å². The third-order valence-electron chi connectivity index (χ3n) is 2.26. The molecular formula is C11H12N2O. The van der Waals surface area contributed by atoms with Gasteiger partial charge in [-0.25, -0.2) is 0 Å². The molecule has 0 aliphatic heterocycles. The summed E-state index contributed by atoms with van der Waals surface area (Å²) >= 11 is 0. The highest BCUT2D eigenvalue weighted by Crippen LogP contribution is 2.26. The number of fused-ring (bicyclic) bond motifs is 1. The number of ether oxygens (including phenoxy) is 1. The summed E-state index contributed by atoms with van der Waals surface area (Å²) in [6, 6.07) is 7.82. The van der Waals surface area contributed by atoms with Crippen molar-refractivity contribution in [3.63, 3.8) is 0 Å². The molecule has 0 saturated heterocycles. The summed E-state index contributed by atoms with van der Waals surface area (Å²) in [5.41, 5.74) is 6.51.